The Balaban J connectivity index is 2.11. The Labute approximate surface area is 91.9 Å². The molecular weight excluding hydrogens is 188 g/mol. The lowest BCUT2D eigenvalue weighted by atomic mass is 10.2. The smallest absolute Gasteiger partial charge is 0.0773 e. The van der Waals surface area contributed by atoms with E-state index >= 15 is 0 Å². The first kappa shape index (κ1) is 12.2. The van der Waals surface area contributed by atoms with Gasteiger partial charge in [0.25, 0.3) is 0 Å². The van der Waals surface area contributed by atoms with Crippen LogP contribution in [0.5, 0.6) is 0 Å². The molecule has 2 nitrogen and oxygen atoms in total. The quantitative estimate of drug-likeness (QED) is 0.746. The average Bonchev–Trinajstić information content (AvgIpc) is 2.28. The Kier molecular flexibility index (Phi) is 6.05. The number of hydrogen-bond donors (Lipinski definition) is 1. The second kappa shape index (κ2) is 7.43. The van der Waals surface area contributed by atoms with Crippen molar-refractivity contribution in [3.05, 3.63) is 35.9 Å². The van der Waals surface area contributed by atoms with E-state index in [4.69, 9.17) is 4.74 Å². The summed E-state index contributed by atoms with van der Waals surface area (Å²) in [5.41, 5.74) is 1.15. The molecule has 0 saturated carbocycles. The molecule has 0 fully saturated rings. The predicted molar refractivity (Wildman–Crippen MR) is 61.6 cm³/mol. The predicted octanol–water partition coefficient (Wildman–Crippen LogP) is 2.75. The third-order valence-corrected chi connectivity index (χ3v) is 2.31. The van der Waals surface area contributed by atoms with Crippen LogP contribution in [0.1, 0.15) is 31.7 Å². The molecule has 1 N–H and O–H groups in total. The Hall–Kier alpha value is -0.860. The standard InChI is InChI=1S/C13H20O2/c1-2-3-9-13(14)11-15-10-12-7-5-4-6-8-12/h4-8,13-14H,2-3,9-11H2,1H3/t13-/m1/s1. The van der Waals surface area contributed by atoms with Gasteiger partial charge in [-0.1, -0.05) is 50.1 Å². The van der Waals surface area contributed by atoms with E-state index in [9.17, 15) is 5.11 Å². The molecule has 2 heteroatoms. The molecule has 0 amide bonds. The Morgan fingerprint density at radius 3 is 2.67 bits per heavy atom. The normalized spacial score (nSPS) is 12.7. The van der Waals surface area contributed by atoms with Crippen molar-refractivity contribution in [2.24, 2.45) is 0 Å². The van der Waals surface area contributed by atoms with Crippen LogP contribution in [0, 0.1) is 0 Å². The summed E-state index contributed by atoms with van der Waals surface area (Å²) in [7, 11) is 0. The number of rotatable bonds is 7. The highest BCUT2D eigenvalue weighted by Gasteiger charge is 2.02. The highest BCUT2D eigenvalue weighted by molar-refractivity contribution is 5.13. The van der Waals surface area contributed by atoms with Gasteiger partial charge in [-0.2, -0.15) is 0 Å². The van der Waals surface area contributed by atoms with Gasteiger partial charge in [0.2, 0.25) is 0 Å². The number of benzene rings is 1. The van der Waals surface area contributed by atoms with Gasteiger partial charge in [-0.05, 0) is 12.0 Å². The largest absolute Gasteiger partial charge is 0.391 e. The lowest BCUT2D eigenvalue weighted by molar-refractivity contribution is 0.0236. The van der Waals surface area contributed by atoms with E-state index in [1.807, 2.05) is 30.3 Å². The van der Waals surface area contributed by atoms with Crippen molar-refractivity contribution in [3.63, 3.8) is 0 Å². The van der Waals surface area contributed by atoms with Crippen molar-refractivity contribution in [1.82, 2.24) is 0 Å². The van der Waals surface area contributed by atoms with Crippen LogP contribution in [0.15, 0.2) is 30.3 Å². The molecule has 1 aromatic carbocycles. The van der Waals surface area contributed by atoms with Gasteiger partial charge in [-0.25, -0.2) is 0 Å². The van der Waals surface area contributed by atoms with E-state index in [0.717, 1.165) is 24.8 Å². The van der Waals surface area contributed by atoms with Gasteiger partial charge in [0.1, 0.15) is 0 Å². The third kappa shape index (κ3) is 5.55. The summed E-state index contributed by atoms with van der Waals surface area (Å²) in [4.78, 5) is 0. The van der Waals surface area contributed by atoms with Crippen molar-refractivity contribution in [2.75, 3.05) is 6.61 Å². The fraction of sp³-hybridized carbons (Fsp3) is 0.538. The van der Waals surface area contributed by atoms with Gasteiger partial charge in [0, 0.05) is 0 Å². The van der Waals surface area contributed by atoms with E-state index < -0.39 is 0 Å². The summed E-state index contributed by atoms with van der Waals surface area (Å²) in [5, 5.41) is 9.53. The van der Waals surface area contributed by atoms with Crippen molar-refractivity contribution >= 4 is 0 Å². The van der Waals surface area contributed by atoms with Crippen LogP contribution in [0.3, 0.4) is 0 Å². The number of ether oxygens (including phenoxy) is 1. The molecule has 0 spiro atoms. The highest BCUT2D eigenvalue weighted by atomic mass is 16.5. The molecule has 0 bridgehead atoms. The summed E-state index contributed by atoms with van der Waals surface area (Å²) in [6, 6.07) is 10.0. The Morgan fingerprint density at radius 2 is 2.00 bits per heavy atom. The van der Waals surface area contributed by atoms with Crippen LogP contribution in [0.4, 0.5) is 0 Å². The fourth-order valence-corrected chi connectivity index (χ4v) is 1.41. The van der Waals surface area contributed by atoms with Crippen LogP contribution in [-0.2, 0) is 11.3 Å². The third-order valence-electron chi connectivity index (χ3n) is 2.31. The summed E-state index contributed by atoms with van der Waals surface area (Å²) in [5.74, 6) is 0. The van der Waals surface area contributed by atoms with Crippen molar-refractivity contribution in [3.8, 4) is 0 Å². The molecule has 0 radical (unpaired) electrons. The molecule has 15 heavy (non-hydrogen) atoms. The average molecular weight is 208 g/mol. The van der Waals surface area contributed by atoms with Crippen LogP contribution in [0.2, 0.25) is 0 Å². The molecule has 0 aliphatic heterocycles. The van der Waals surface area contributed by atoms with Crippen LogP contribution in [-0.4, -0.2) is 17.8 Å². The van der Waals surface area contributed by atoms with Gasteiger partial charge < -0.3 is 9.84 Å². The minimum atomic E-state index is -0.311. The van der Waals surface area contributed by atoms with Gasteiger partial charge in [0.15, 0.2) is 0 Å². The van der Waals surface area contributed by atoms with E-state index in [0.29, 0.717) is 13.2 Å². The maximum atomic E-state index is 9.53. The number of aliphatic hydroxyl groups excluding tert-OH is 1. The monoisotopic (exact) mass is 208 g/mol. The van der Waals surface area contributed by atoms with E-state index in [1.54, 1.807) is 0 Å². The zero-order valence-electron chi connectivity index (χ0n) is 9.36. The second-order valence-corrected chi connectivity index (χ2v) is 3.80. The number of aliphatic hydroxyl groups is 1. The first-order chi connectivity index (χ1) is 7.33. The summed E-state index contributed by atoms with van der Waals surface area (Å²) in [6.45, 7) is 3.15. The summed E-state index contributed by atoms with van der Waals surface area (Å²) in [6.07, 6.45) is 2.71. The zero-order valence-corrected chi connectivity index (χ0v) is 9.36. The minimum absolute atomic E-state index is 0.311. The Bertz CT molecular complexity index is 246. The fourth-order valence-electron chi connectivity index (χ4n) is 1.41. The molecule has 1 atom stereocenters. The van der Waals surface area contributed by atoms with Gasteiger partial charge >= 0.3 is 0 Å². The zero-order chi connectivity index (χ0) is 10.9. The van der Waals surface area contributed by atoms with Gasteiger partial charge in [-0.3, -0.25) is 0 Å². The molecule has 0 aliphatic rings. The molecule has 0 heterocycles. The highest BCUT2D eigenvalue weighted by Crippen LogP contribution is 2.04. The number of hydrogen-bond acceptors (Lipinski definition) is 2. The number of unbranched alkanes of at least 4 members (excludes halogenated alkanes) is 1. The molecule has 0 unspecified atom stereocenters. The van der Waals surface area contributed by atoms with Crippen LogP contribution < -0.4 is 0 Å². The molecule has 84 valence electrons. The van der Waals surface area contributed by atoms with E-state index in [-0.39, 0.29) is 6.10 Å². The molecular formula is C13H20O2. The maximum absolute atomic E-state index is 9.53. The van der Waals surface area contributed by atoms with Crippen molar-refractivity contribution in [2.45, 2.75) is 38.9 Å². The second-order valence-electron chi connectivity index (χ2n) is 3.80. The molecule has 0 aliphatic carbocycles. The van der Waals surface area contributed by atoms with E-state index in [2.05, 4.69) is 6.92 Å². The summed E-state index contributed by atoms with van der Waals surface area (Å²) < 4.78 is 5.43. The van der Waals surface area contributed by atoms with Crippen molar-refractivity contribution in [1.29, 1.82) is 0 Å². The first-order valence-electron chi connectivity index (χ1n) is 5.62. The topological polar surface area (TPSA) is 29.5 Å². The lowest BCUT2D eigenvalue weighted by Gasteiger charge is -2.10. The van der Waals surface area contributed by atoms with Gasteiger partial charge in [-0.15, -0.1) is 0 Å². The minimum Gasteiger partial charge on any atom is -0.391 e. The molecule has 1 aromatic rings. The maximum Gasteiger partial charge on any atom is 0.0773 e. The first-order valence-corrected chi connectivity index (χ1v) is 5.62. The molecule has 0 saturated heterocycles. The van der Waals surface area contributed by atoms with Crippen molar-refractivity contribution < 1.29 is 9.84 Å². The van der Waals surface area contributed by atoms with E-state index in [1.165, 1.54) is 0 Å². The molecule has 1 rings (SSSR count). The Morgan fingerprint density at radius 1 is 1.27 bits per heavy atom. The molecule has 0 aromatic heterocycles. The summed E-state index contributed by atoms with van der Waals surface area (Å²) >= 11 is 0. The van der Waals surface area contributed by atoms with Gasteiger partial charge in [0.05, 0.1) is 19.3 Å². The SMILES string of the molecule is CCCC[C@@H](O)COCc1ccccc1. The van der Waals surface area contributed by atoms with Crippen LogP contribution >= 0.6 is 0 Å². The van der Waals surface area contributed by atoms with Crippen LogP contribution in [0.25, 0.3) is 0 Å². The lowest BCUT2D eigenvalue weighted by Crippen LogP contribution is -2.14.